The molecule has 162 valence electrons. The first-order valence-corrected chi connectivity index (χ1v) is 9.61. The lowest BCUT2D eigenvalue weighted by Gasteiger charge is -2.10. The molecule has 0 saturated carbocycles. The third-order valence-electron chi connectivity index (χ3n) is 4.51. The highest BCUT2D eigenvalue weighted by Crippen LogP contribution is 2.32. The van der Waals surface area contributed by atoms with E-state index in [4.69, 9.17) is 9.47 Å². The minimum absolute atomic E-state index is 0.0658. The average molecular weight is 434 g/mol. The number of carbonyl (C=O) groups excluding carboxylic acids is 2. The molecule has 0 aliphatic rings. The van der Waals surface area contributed by atoms with Gasteiger partial charge in [0.1, 0.15) is 23.1 Å². The third-order valence-corrected chi connectivity index (χ3v) is 4.51. The van der Waals surface area contributed by atoms with Crippen LogP contribution in [0.15, 0.2) is 85.0 Å². The van der Waals surface area contributed by atoms with Crippen LogP contribution in [0.4, 0.5) is 8.78 Å². The quantitative estimate of drug-likeness (QED) is 0.261. The van der Waals surface area contributed by atoms with Crippen molar-refractivity contribution in [2.24, 2.45) is 0 Å². The Bertz CT molecular complexity index is 1110. The number of esters is 2. The van der Waals surface area contributed by atoms with Crippen LogP contribution >= 0.6 is 0 Å². The molecule has 0 atom stereocenters. The summed E-state index contributed by atoms with van der Waals surface area (Å²) in [6.07, 6.45) is 0. The fourth-order valence-electron chi connectivity index (χ4n) is 2.78. The van der Waals surface area contributed by atoms with E-state index >= 15 is 0 Å². The molecule has 0 N–H and O–H groups in total. The molecule has 0 saturated heterocycles. The molecule has 0 spiro atoms. The van der Waals surface area contributed by atoms with Gasteiger partial charge in [-0.15, -0.1) is 0 Å². The van der Waals surface area contributed by atoms with Crippen LogP contribution in [0.2, 0.25) is 0 Å². The zero-order valence-corrected chi connectivity index (χ0v) is 17.6. The van der Waals surface area contributed by atoms with Crippen molar-refractivity contribution in [3.63, 3.8) is 0 Å². The second-order valence-electron chi connectivity index (χ2n) is 7.20. The highest BCUT2D eigenvalue weighted by molar-refractivity contribution is 5.89. The molecule has 0 aromatic heterocycles. The van der Waals surface area contributed by atoms with Crippen LogP contribution in [-0.4, -0.2) is 11.9 Å². The monoisotopic (exact) mass is 434 g/mol. The molecule has 6 heteroatoms. The third kappa shape index (κ3) is 5.16. The van der Waals surface area contributed by atoms with Gasteiger partial charge in [0, 0.05) is 22.3 Å². The fourth-order valence-corrected chi connectivity index (χ4v) is 2.78. The van der Waals surface area contributed by atoms with Gasteiger partial charge in [0.25, 0.3) is 0 Å². The molecular formula is C26H20F2O4. The predicted molar refractivity (Wildman–Crippen MR) is 118 cm³/mol. The maximum absolute atomic E-state index is 14.8. The van der Waals surface area contributed by atoms with E-state index < -0.39 is 23.6 Å². The van der Waals surface area contributed by atoms with Crippen molar-refractivity contribution in [1.29, 1.82) is 0 Å². The van der Waals surface area contributed by atoms with E-state index in [2.05, 4.69) is 13.2 Å². The summed E-state index contributed by atoms with van der Waals surface area (Å²) in [5, 5.41) is 0. The van der Waals surface area contributed by atoms with Gasteiger partial charge in [-0.25, -0.2) is 18.4 Å². The summed E-state index contributed by atoms with van der Waals surface area (Å²) in [6, 6.07) is 14.3. The first kappa shape index (κ1) is 22.6. The van der Waals surface area contributed by atoms with E-state index in [1.165, 1.54) is 62.4 Å². The van der Waals surface area contributed by atoms with Gasteiger partial charge in [0.15, 0.2) is 0 Å². The van der Waals surface area contributed by atoms with Gasteiger partial charge in [0.05, 0.1) is 0 Å². The molecule has 0 aliphatic carbocycles. The van der Waals surface area contributed by atoms with Gasteiger partial charge in [-0.2, -0.15) is 0 Å². The fraction of sp³-hybridized carbons (Fsp3) is 0.0769. The minimum atomic E-state index is -0.620. The first-order valence-electron chi connectivity index (χ1n) is 9.61. The first-order chi connectivity index (χ1) is 15.2. The molecule has 4 nitrogen and oxygen atoms in total. The Morgan fingerprint density at radius 2 is 0.969 bits per heavy atom. The van der Waals surface area contributed by atoms with Crippen molar-refractivity contribution >= 4 is 11.9 Å². The van der Waals surface area contributed by atoms with Crippen molar-refractivity contribution in [2.45, 2.75) is 13.8 Å². The number of benzene rings is 3. The summed E-state index contributed by atoms with van der Waals surface area (Å²) in [5.74, 6) is -1.84. The molecular weight excluding hydrogens is 414 g/mol. The van der Waals surface area contributed by atoms with E-state index in [1.807, 2.05) is 0 Å². The normalized spacial score (nSPS) is 10.4. The molecule has 0 radical (unpaired) electrons. The highest BCUT2D eigenvalue weighted by Gasteiger charge is 2.14. The van der Waals surface area contributed by atoms with E-state index in [1.54, 1.807) is 0 Å². The van der Waals surface area contributed by atoms with Gasteiger partial charge >= 0.3 is 11.9 Å². The topological polar surface area (TPSA) is 52.6 Å². The number of carbonyl (C=O) groups is 2. The lowest BCUT2D eigenvalue weighted by Crippen LogP contribution is -2.08. The molecule has 0 unspecified atom stereocenters. The molecule has 0 fully saturated rings. The van der Waals surface area contributed by atoms with Crippen molar-refractivity contribution in [2.75, 3.05) is 0 Å². The van der Waals surface area contributed by atoms with Crippen LogP contribution in [0.25, 0.3) is 22.3 Å². The largest absolute Gasteiger partial charge is 0.423 e. The maximum Gasteiger partial charge on any atom is 0.338 e. The summed E-state index contributed by atoms with van der Waals surface area (Å²) in [4.78, 5) is 23.2. The predicted octanol–water partition coefficient (Wildman–Crippen LogP) is 6.26. The van der Waals surface area contributed by atoms with Crippen molar-refractivity contribution in [3.05, 3.63) is 96.6 Å². The number of hydrogen-bond donors (Lipinski definition) is 0. The van der Waals surface area contributed by atoms with Crippen LogP contribution in [0.3, 0.4) is 0 Å². The van der Waals surface area contributed by atoms with Crippen molar-refractivity contribution in [1.82, 2.24) is 0 Å². The van der Waals surface area contributed by atoms with E-state index in [0.717, 1.165) is 12.1 Å². The molecule has 0 amide bonds. The Morgan fingerprint density at radius 1 is 0.656 bits per heavy atom. The molecule has 0 bridgehead atoms. The molecule has 3 rings (SSSR count). The lowest BCUT2D eigenvalue weighted by atomic mass is 9.99. The van der Waals surface area contributed by atoms with Crippen molar-refractivity contribution in [3.8, 4) is 33.8 Å². The van der Waals surface area contributed by atoms with Crippen LogP contribution in [-0.2, 0) is 9.59 Å². The van der Waals surface area contributed by atoms with E-state index in [-0.39, 0.29) is 33.8 Å². The summed E-state index contributed by atoms with van der Waals surface area (Å²) in [6.45, 7) is 10.1. The summed E-state index contributed by atoms with van der Waals surface area (Å²) in [5.41, 5.74) is 1.47. The van der Waals surface area contributed by atoms with Crippen LogP contribution in [0, 0.1) is 11.6 Å². The lowest BCUT2D eigenvalue weighted by molar-refractivity contribution is -0.130. The highest BCUT2D eigenvalue weighted by atomic mass is 19.1. The molecule has 3 aromatic carbocycles. The Hall–Kier alpha value is -4.06. The number of ether oxygens (including phenoxy) is 2. The number of hydrogen-bond acceptors (Lipinski definition) is 4. The SMILES string of the molecule is C=C(C)C(=O)Oc1ccc(-c2cc(F)c(-c3ccc(OC(=O)C(=C)C)cc3)cc2F)cc1. The van der Waals surface area contributed by atoms with Crippen LogP contribution in [0.1, 0.15) is 13.8 Å². The Labute approximate surface area is 184 Å². The van der Waals surface area contributed by atoms with Gasteiger partial charge in [-0.1, -0.05) is 37.4 Å². The Kier molecular flexibility index (Phi) is 6.64. The zero-order valence-electron chi connectivity index (χ0n) is 17.6. The smallest absolute Gasteiger partial charge is 0.338 e. The van der Waals surface area contributed by atoms with Crippen LogP contribution in [0.5, 0.6) is 11.5 Å². The standard InChI is InChI=1S/C26H20F2O4/c1-15(2)25(29)31-19-9-5-17(6-10-19)21-13-24(28)22(14-23(21)27)18-7-11-20(12-8-18)32-26(30)16(3)4/h5-14H,1,3H2,2,4H3. The molecule has 0 aliphatic heterocycles. The van der Waals surface area contributed by atoms with Gasteiger partial charge < -0.3 is 9.47 Å². The molecule has 3 aromatic rings. The number of halogens is 2. The summed E-state index contributed by atoms with van der Waals surface area (Å²) < 4.78 is 39.8. The van der Waals surface area contributed by atoms with Gasteiger partial charge in [-0.05, 0) is 61.4 Å². The van der Waals surface area contributed by atoms with Gasteiger partial charge in [0.2, 0.25) is 0 Å². The van der Waals surface area contributed by atoms with E-state index in [0.29, 0.717) is 11.1 Å². The molecule has 32 heavy (non-hydrogen) atoms. The maximum atomic E-state index is 14.8. The second-order valence-corrected chi connectivity index (χ2v) is 7.20. The second kappa shape index (κ2) is 9.39. The Balaban J connectivity index is 1.84. The zero-order chi connectivity index (χ0) is 23.4. The van der Waals surface area contributed by atoms with Crippen LogP contribution < -0.4 is 9.47 Å². The van der Waals surface area contributed by atoms with Gasteiger partial charge in [-0.3, -0.25) is 0 Å². The van der Waals surface area contributed by atoms with E-state index in [9.17, 15) is 18.4 Å². The summed E-state index contributed by atoms with van der Waals surface area (Å²) >= 11 is 0. The number of rotatable bonds is 6. The summed E-state index contributed by atoms with van der Waals surface area (Å²) in [7, 11) is 0. The Morgan fingerprint density at radius 3 is 1.25 bits per heavy atom. The minimum Gasteiger partial charge on any atom is -0.423 e. The van der Waals surface area contributed by atoms with Crippen molar-refractivity contribution < 1.29 is 27.8 Å². The molecule has 0 heterocycles. The average Bonchev–Trinajstić information content (AvgIpc) is 2.76.